The quantitative estimate of drug-likeness (QED) is 0.176. The van der Waals surface area contributed by atoms with Gasteiger partial charge in [-0.15, -0.1) is 0 Å². The second-order valence-electron chi connectivity index (χ2n) is 17.4. The van der Waals surface area contributed by atoms with E-state index in [2.05, 4.69) is 217 Å². The Balaban J connectivity index is 1.08. The molecule has 0 fully saturated rings. The van der Waals surface area contributed by atoms with E-state index in [-0.39, 0.29) is 0 Å². The molecule has 1 aliphatic rings. The summed E-state index contributed by atoms with van der Waals surface area (Å²) in [6.45, 7) is 0. The van der Waals surface area contributed by atoms with Gasteiger partial charge >= 0.3 is 0 Å². The highest BCUT2D eigenvalue weighted by atomic mass is 16.3. The van der Waals surface area contributed by atoms with Gasteiger partial charge in [-0.25, -0.2) is 0 Å². The van der Waals surface area contributed by atoms with Crippen LogP contribution in [0, 0.1) is 0 Å². The maximum atomic E-state index is 6.47. The number of nitrogens with zero attached hydrogens (tertiary/aromatic N) is 1. The van der Waals surface area contributed by atoms with E-state index in [1.165, 1.54) is 88.0 Å². The van der Waals surface area contributed by atoms with E-state index >= 15 is 0 Å². The number of hydrogen-bond donors (Lipinski definition) is 0. The van der Waals surface area contributed by atoms with E-state index in [9.17, 15) is 0 Å². The van der Waals surface area contributed by atoms with Crippen LogP contribution < -0.4 is 4.90 Å². The molecule has 1 heterocycles. The average molecular weight is 830 g/mol. The molecule has 0 saturated carbocycles. The first kappa shape index (κ1) is 37.4. The highest BCUT2D eigenvalue weighted by Crippen LogP contribution is 2.50. The summed E-state index contributed by atoms with van der Waals surface area (Å²) >= 11 is 0. The van der Waals surface area contributed by atoms with E-state index in [0.29, 0.717) is 0 Å². The SMILES string of the molecule is c1ccc(N(c2ccc3c(c2)oc2ccccc23)c2cccc3c(-c4cccc5c4-c4ccccc4-c4ccc6ccccc6c4CCCc4c-5ccc5ccccc45)cccc23)cc1. The normalized spacial score (nSPS) is 12.4. The van der Waals surface area contributed by atoms with E-state index < -0.39 is 0 Å². The fraction of sp³-hybridized carbons (Fsp3) is 0.0476. The maximum Gasteiger partial charge on any atom is 0.137 e. The third kappa shape index (κ3) is 6.09. The summed E-state index contributed by atoms with van der Waals surface area (Å²) in [5.74, 6) is 0. The van der Waals surface area contributed by atoms with Crippen LogP contribution in [-0.2, 0) is 12.8 Å². The van der Waals surface area contributed by atoms with Crippen LogP contribution >= 0.6 is 0 Å². The molecular formula is C63H43NO. The minimum absolute atomic E-state index is 0.872. The molecule has 0 aliphatic heterocycles. The number of furan rings is 1. The highest BCUT2D eigenvalue weighted by Gasteiger charge is 2.25. The lowest BCUT2D eigenvalue weighted by Gasteiger charge is -2.27. The van der Waals surface area contributed by atoms with Crippen molar-refractivity contribution in [3.05, 3.63) is 236 Å². The number of rotatable bonds is 4. The van der Waals surface area contributed by atoms with Crippen molar-refractivity contribution in [2.45, 2.75) is 19.3 Å². The second kappa shape index (κ2) is 15.3. The third-order valence-electron chi connectivity index (χ3n) is 13.8. The van der Waals surface area contributed by atoms with Gasteiger partial charge in [-0.2, -0.15) is 0 Å². The number of hydrogen-bond acceptors (Lipinski definition) is 2. The Kier molecular flexibility index (Phi) is 8.77. The van der Waals surface area contributed by atoms with E-state index in [4.69, 9.17) is 4.42 Å². The van der Waals surface area contributed by atoms with E-state index in [1.807, 2.05) is 12.1 Å². The Morgan fingerprint density at radius 1 is 0.308 bits per heavy atom. The highest BCUT2D eigenvalue weighted by molar-refractivity contribution is 6.12. The zero-order valence-electron chi connectivity index (χ0n) is 35.8. The number of para-hydroxylation sites is 2. The standard InChI is InChI=1S/C63H43NO/c1-2-18-43(19-3-1)64(44-36-39-56-55-23-10-11-33-61(55)65-62(56)40-44)60-32-15-28-49-51(27-13-29-54(49)60)58-30-14-31-59-53-38-35-42-17-5-7-21-46(42)48(53)26-12-25-47-45-20-6-4-16-41(45)34-37-52(47)50-22-8-9-24-57(50)63(58)59/h1-11,13-24,27-40H,12,25-26H2. The van der Waals surface area contributed by atoms with Gasteiger partial charge in [0.15, 0.2) is 0 Å². The van der Waals surface area contributed by atoms with Crippen molar-refractivity contribution >= 4 is 71.3 Å². The molecule has 2 heteroatoms. The van der Waals surface area contributed by atoms with Gasteiger partial charge in [-0.05, 0) is 138 Å². The van der Waals surface area contributed by atoms with Crippen LogP contribution in [0.15, 0.2) is 229 Å². The van der Waals surface area contributed by atoms with Crippen molar-refractivity contribution in [1.29, 1.82) is 0 Å². The van der Waals surface area contributed by atoms with E-state index in [0.717, 1.165) is 58.3 Å². The first-order valence-electron chi connectivity index (χ1n) is 22.8. The van der Waals surface area contributed by atoms with Crippen LogP contribution in [0.25, 0.3) is 98.8 Å². The topological polar surface area (TPSA) is 16.4 Å². The van der Waals surface area contributed by atoms with Gasteiger partial charge < -0.3 is 9.32 Å². The summed E-state index contributed by atoms with van der Waals surface area (Å²) < 4.78 is 6.47. The van der Waals surface area contributed by atoms with E-state index in [1.54, 1.807) is 0 Å². The average Bonchev–Trinajstić information content (AvgIpc) is 3.73. The molecule has 12 aromatic rings. The Labute approximate surface area is 378 Å². The predicted octanol–water partition coefficient (Wildman–Crippen LogP) is 17.7. The summed E-state index contributed by atoms with van der Waals surface area (Å²) in [5, 5.41) is 9.87. The van der Waals surface area contributed by atoms with Crippen molar-refractivity contribution in [2.24, 2.45) is 0 Å². The lowest BCUT2D eigenvalue weighted by Crippen LogP contribution is -2.10. The monoisotopic (exact) mass is 829 g/mol. The summed E-state index contributed by atoms with van der Waals surface area (Å²) in [5.41, 5.74) is 17.9. The van der Waals surface area contributed by atoms with Crippen LogP contribution in [0.1, 0.15) is 17.5 Å². The van der Waals surface area contributed by atoms with Gasteiger partial charge in [0.1, 0.15) is 11.2 Å². The molecule has 0 saturated heterocycles. The first-order chi connectivity index (χ1) is 32.3. The molecular weight excluding hydrogens is 787 g/mol. The summed E-state index contributed by atoms with van der Waals surface area (Å²) in [6.07, 6.45) is 3.02. The Hall–Kier alpha value is -8.20. The fourth-order valence-electron chi connectivity index (χ4n) is 11.0. The Bertz CT molecular complexity index is 3820. The summed E-state index contributed by atoms with van der Waals surface area (Å²) in [4.78, 5) is 2.38. The molecule has 65 heavy (non-hydrogen) atoms. The molecule has 0 unspecified atom stereocenters. The molecule has 0 N–H and O–H groups in total. The molecule has 0 amide bonds. The molecule has 0 atom stereocenters. The van der Waals surface area contributed by atoms with Gasteiger partial charge in [0.25, 0.3) is 0 Å². The Morgan fingerprint density at radius 2 is 0.846 bits per heavy atom. The molecule has 0 bridgehead atoms. The summed E-state index contributed by atoms with van der Waals surface area (Å²) in [7, 11) is 0. The number of benzene rings is 11. The summed E-state index contributed by atoms with van der Waals surface area (Å²) in [6, 6.07) is 82.7. The molecule has 0 spiro atoms. The number of fused-ring (bicyclic) bond motifs is 15. The van der Waals surface area contributed by atoms with Crippen molar-refractivity contribution in [3.8, 4) is 44.5 Å². The van der Waals surface area contributed by atoms with Crippen LogP contribution in [0.2, 0.25) is 0 Å². The molecule has 1 aromatic heterocycles. The minimum Gasteiger partial charge on any atom is -0.456 e. The number of anilines is 3. The molecule has 0 radical (unpaired) electrons. The van der Waals surface area contributed by atoms with Crippen molar-refractivity contribution in [3.63, 3.8) is 0 Å². The Morgan fingerprint density at radius 3 is 1.62 bits per heavy atom. The van der Waals surface area contributed by atoms with Gasteiger partial charge in [-0.1, -0.05) is 182 Å². The van der Waals surface area contributed by atoms with Gasteiger partial charge in [0.2, 0.25) is 0 Å². The predicted molar refractivity (Wildman–Crippen MR) is 275 cm³/mol. The smallest absolute Gasteiger partial charge is 0.137 e. The van der Waals surface area contributed by atoms with Crippen molar-refractivity contribution in [2.75, 3.05) is 4.90 Å². The molecule has 2 nitrogen and oxygen atoms in total. The second-order valence-corrected chi connectivity index (χ2v) is 17.4. The van der Waals surface area contributed by atoms with Crippen LogP contribution in [0.3, 0.4) is 0 Å². The maximum absolute atomic E-state index is 6.47. The van der Waals surface area contributed by atoms with Gasteiger partial charge in [0, 0.05) is 33.6 Å². The fourth-order valence-corrected chi connectivity index (χ4v) is 11.0. The zero-order valence-corrected chi connectivity index (χ0v) is 35.8. The lowest BCUT2D eigenvalue weighted by atomic mass is 9.81. The van der Waals surface area contributed by atoms with Crippen LogP contribution in [0.5, 0.6) is 0 Å². The molecule has 306 valence electrons. The van der Waals surface area contributed by atoms with Gasteiger partial charge in [-0.3, -0.25) is 0 Å². The first-order valence-corrected chi connectivity index (χ1v) is 22.8. The molecule has 1 aliphatic carbocycles. The number of aryl methyl sites for hydroxylation is 2. The lowest BCUT2D eigenvalue weighted by molar-refractivity contribution is 0.669. The largest absolute Gasteiger partial charge is 0.456 e. The van der Waals surface area contributed by atoms with Gasteiger partial charge in [0.05, 0.1) is 5.69 Å². The third-order valence-corrected chi connectivity index (χ3v) is 13.8. The minimum atomic E-state index is 0.872. The molecule has 13 rings (SSSR count). The van der Waals surface area contributed by atoms with Crippen LogP contribution in [-0.4, -0.2) is 0 Å². The molecule has 11 aromatic carbocycles. The van der Waals surface area contributed by atoms with Crippen molar-refractivity contribution < 1.29 is 4.42 Å². The van der Waals surface area contributed by atoms with Crippen molar-refractivity contribution in [1.82, 2.24) is 0 Å². The van der Waals surface area contributed by atoms with Crippen LogP contribution in [0.4, 0.5) is 17.1 Å². The zero-order chi connectivity index (χ0) is 42.8.